The quantitative estimate of drug-likeness (QED) is 0.555. The van der Waals surface area contributed by atoms with Crippen molar-refractivity contribution in [2.45, 2.75) is 45.1 Å². The number of amides is 1. The standard InChI is InChI=1S/C10H17N5O4.C7H6O/c1-9(2,3)19-10(8(17)18,11-6-16)5-7-12-14-15(4)13-7;1-2-6-4-7(3-1)8-5-6/h6H,5H2,1-4H3,(H,11,16)(H,17,18);1-4H,5H2. The summed E-state index contributed by atoms with van der Waals surface area (Å²) < 4.78 is 10.7. The zero-order chi connectivity index (χ0) is 20.1. The first-order chi connectivity index (χ1) is 12.6. The van der Waals surface area contributed by atoms with Crippen LogP contribution in [0.4, 0.5) is 0 Å². The zero-order valence-corrected chi connectivity index (χ0v) is 15.7. The average molecular weight is 377 g/mol. The molecule has 1 atom stereocenters. The number of carbonyl (C=O) groups is 2. The van der Waals surface area contributed by atoms with Gasteiger partial charge in [0, 0.05) is 0 Å². The van der Waals surface area contributed by atoms with Crippen LogP contribution in [0, 0.1) is 0 Å². The number of fused-ring (bicyclic) bond motifs is 2. The Morgan fingerprint density at radius 1 is 1.44 bits per heavy atom. The molecule has 146 valence electrons. The van der Waals surface area contributed by atoms with Gasteiger partial charge in [-0.1, -0.05) is 12.1 Å². The van der Waals surface area contributed by atoms with E-state index in [1.807, 2.05) is 12.1 Å². The number of aromatic nitrogens is 4. The number of carboxylic acids is 1. The largest absolute Gasteiger partial charge is 0.489 e. The molecule has 0 saturated heterocycles. The summed E-state index contributed by atoms with van der Waals surface area (Å²) >= 11 is 0. The summed E-state index contributed by atoms with van der Waals surface area (Å²) in [4.78, 5) is 23.4. The lowest BCUT2D eigenvalue weighted by atomic mass is 10.1. The molecule has 2 N–H and O–H groups in total. The van der Waals surface area contributed by atoms with Crippen molar-refractivity contribution in [2.24, 2.45) is 7.05 Å². The van der Waals surface area contributed by atoms with Crippen molar-refractivity contribution in [2.75, 3.05) is 0 Å². The van der Waals surface area contributed by atoms with Crippen LogP contribution >= 0.6 is 0 Å². The van der Waals surface area contributed by atoms with Crippen LogP contribution in [0.25, 0.3) is 0 Å². The number of nitrogens with one attached hydrogen (secondary N) is 1. The lowest BCUT2D eigenvalue weighted by Gasteiger charge is -2.34. The summed E-state index contributed by atoms with van der Waals surface area (Å²) in [6, 6.07) is 8.10. The van der Waals surface area contributed by atoms with Crippen LogP contribution in [0.3, 0.4) is 0 Å². The molecule has 2 heterocycles. The molecule has 0 aliphatic carbocycles. The zero-order valence-electron chi connectivity index (χ0n) is 15.7. The van der Waals surface area contributed by atoms with Crippen LogP contribution in [0.5, 0.6) is 5.75 Å². The van der Waals surface area contributed by atoms with Crippen molar-refractivity contribution in [1.82, 2.24) is 25.5 Å². The van der Waals surface area contributed by atoms with Crippen molar-refractivity contribution in [3.63, 3.8) is 0 Å². The van der Waals surface area contributed by atoms with Crippen molar-refractivity contribution in [1.29, 1.82) is 0 Å². The first-order valence-corrected chi connectivity index (χ1v) is 8.23. The number of benzene rings is 1. The summed E-state index contributed by atoms with van der Waals surface area (Å²) in [5, 5.41) is 22.7. The molecule has 1 aliphatic heterocycles. The Labute approximate surface area is 156 Å². The van der Waals surface area contributed by atoms with Crippen LogP contribution in [-0.4, -0.2) is 49.0 Å². The minimum Gasteiger partial charge on any atom is -0.489 e. The van der Waals surface area contributed by atoms with E-state index in [0.717, 1.165) is 12.4 Å². The van der Waals surface area contributed by atoms with Gasteiger partial charge < -0.3 is 19.9 Å². The molecule has 1 unspecified atom stereocenters. The average Bonchev–Trinajstić information content (AvgIpc) is 3.11. The van der Waals surface area contributed by atoms with Crippen molar-refractivity contribution >= 4 is 12.4 Å². The van der Waals surface area contributed by atoms with Crippen LogP contribution in [0.2, 0.25) is 0 Å². The van der Waals surface area contributed by atoms with E-state index in [0.29, 0.717) is 0 Å². The van der Waals surface area contributed by atoms with Gasteiger partial charge >= 0.3 is 5.97 Å². The van der Waals surface area contributed by atoms with Crippen LogP contribution in [0.1, 0.15) is 32.2 Å². The van der Waals surface area contributed by atoms with Gasteiger partial charge in [-0.15, -0.1) is 10.2 Å². The monoisotopic (exact) mass is 377 g/mol. The number of aryl methyl sites for hydroxylation is 1. The van der Waals surface area contributed by atoms with Gasteiger partial charge in [-0.25, -0.2) is 4.79 Å². The second-order valence-corrected chi connectivity index (χ2v) is 6.92. The van der Waals surface area contributed by atoms with Gasteiger partial charge in [0.15, 0.2) is 5.82 Å². The normalized spacial score (nSPS) is 14.4. The molecule has 27 heavy (non-hydrogen) atoms. The molecule has 2 aromatic rings. The highest BCUT2D eigenvalue weighted by atomic mass is 16.6. The number of carboxylic acid groups (broad SMARTS) is 1. The summed E-state index contributed by atoms with van der Waals surface area (Å²) in [6.45, 7) is 5.81. The van der Waals surface area contributed by atoms with Gasteiger partial charge in [0.1, 0.15) is 12.4 Å². The molecule has 0 saturated carbocycles. The minimum absolute atomic E-state index is 0.156. The molecular weight excluding hydrogens is 354 g/mol. The highest BCUT2D eigenvalue weighted by Gasteiger charge is 2.44. The van der Waals surface area contributed by atoms with Crippen LogP contribution in [-0.2, 0) is 34.4 Å². The van der Waals surface area contributed by atoms with E-state index in [1.165, 1.54) is 10.4 Å². The van der Waals surface area contributed by atoms with Gasteiger partial charge in [0.05, 0.1) is 19.1 Å². The van der Waals surface area contributed by atoms with Crippen LogP contribution < -0.4 is 10.1 Å². The summed E-state index contributed by atoms with van der Waals surface area (Å²) in [7, 11) is 1.55. The predicted octanol–water partition coefficient (Wildman–Crippen LogP) is 0.674. The third-order valence-electron chi connectivity index (χ3n) is 3.38. The molecule has 1 aromatic carbocycles. The molecule has 0 fully saturated rings. The molecule has 10 nitrogen and oxygen atoms in total. The maximum atomic E-state index is 11.5. The fourth-order valence-corrected chi connectivity index (χ4v) is 2.42. The van der Waals surface area contributed by atoms with Crippen molar-refractivity contribution in [3.05, 3.63) is 35.7 Å². The van der Waals surface area contributed by atoms with Crippen LogP contribution in [0.15, 0.2) is 24.3 Å². The number of nitrogens with zero attached hydrogens (tertiary/aromatic N) is 4. The Morgan fingerprint density at radius 2 is 2.19 bits per heavy atom. The molecular formula is C17H23N5O5. The Kier molecular flexibility index (Phi) is 6.11. The van der Waals surface area contributed by atoms with Crippen molar-refractivity contribution in [3.8, 4) is 5.75 Å². The lowest BCUT2D eigenvalue weighted by molar-refractivity contribution is -0.192. The summed E-state index contributed by atoms with van der Waals surface area (Å²) in [5.74, 6) is -0.173. The fraction of sp³-hybridized carbons (Fsp3) is 0.471. The van der Waals surface area contributed by atoms with E-state index in [2.05, 4.69) is 32.9 Å². The number of ether oxygens (including phenoxy) is 2. The number of tetrazole rings is 1. The lowest BCUT2D eigenvalue weighted by Crippen LogP contribution is -2.58. The Morgan fingerprint density at radius 3 is 2.67 bits per heavy atom. The summed E-state index contributed by atoms with van der Waals surface area (Å²) in [5.41, 5.74) is -1.43. The first kappa shape index (κ1) is 20.3. The maximum absolute atomic E-state index is 11.5. The SMILES string of the molecule is Cn1nnc(CC(NC=O)(OC(C)(C)C)C(=O)O)n1.c1cc2cc(c1)OC2. The Balaban J connectivity index is 0.000000266. The van der Waals surface area contributed by atoms with Gasteiger partial charge in [-0.2, -0.15) is 4.80 Å². The van der Waals surface area contributed by atoms with Gasteiger partial charge in [0.2, 0.25) is 12.1 Å². The molecule has 0 radical (unpaired) electrons. The van der Waals surface area contributed by atoms with E-state index in [9.17, 15) is 14.7 Å². The van der Waals surface area contributed by atoms with Gasteiger partial charge in [-0.05, 0) is 43.7 Å². The van der Waals surface area contributed by atoms with E-state index in [-0.39, 0.29) is 18.7 Å². The third kappa shape index (κ3) is 5.74. The number of hydrogen-bond donors (Lipinski definition) is 2. The number of aliphatic carboxylic acids is 1. The van der Waals surface area contributed by atoms with Gasteiger partial charge in [-0.3, -0.25) is 4.79 Å². The molecule has 10 heteroatoms. The molecule has 1 amide bonds. The minimum atomic E-state index is -1.93. The first-order valence-electron chi connectivity index (χ1n) is 8.23. The molecule has 2 bridgehead atoms. The Bertz CT molecular complexity index is 782. The van der Waals surface area contributed by atoms with E-state index >= 15 is 0 Å². The predicted molar refractivity (Wildman–Crippen MR) is 93.7 cm³/mol. The number of rotatable bonds is 6. The van der Waals surface area contributed by atoms with Gasteiger partial charge in [0.25, 0.3) is 0 Å². The smallest absolute Gasteiger partial charge is 0.357 e. The molecule has 3 rings (SSSR count). The second-order valence-electron chi connectivity index (χ2n) is 6.92. The van der Waals surface area contributed by atoms with Crippen molar-refractivity contribution < 1.29 is 24.2 Å². The highest BCUT2D eigenvalue weighted by molar-refractivity contribution is 5.80. The Hall–Kier alpha value is -3.01. The molecule has 0 spiro atoms. The molecule has 1 aliphatic rings. The summed E-state index contributed by atoms with van der Waals surface area (Å²) in [6.07, 6.45) is 0.0441. The van der Waals surface area contributed by atoms with E-state index < -0.39 is 17.3 Å². The van der Waals surface area contributed by atoms with E-state index in [4.69, 9.17) is 9.47 Å². The highest BCUT2D eigenvalue weighted by Crippen LogP contribution is 2.22. The maximum Gasteiger partial charge on any atom is 0.357 e. The number of carbonyl (C=O) groups excluding carboxylic acids is 1. The topological polar surface area (TPSA) is 128 Å². The second kappa shape index (κ2) is 8.12. The number of hydrogen-bond acceptors (Lipinski definition) is 7. The van der Waals surface area contributed by atoms with E-state index in [1.54, 1.807) is 27.8 Å². The third-order valence-corrected chi connectivity index (χ3v) is 3.38. The molecule has 1 aromatic heterocycles. The fourth-order valence-electron chi connectivity index (χ4n) is 2.42.